The number of ether oxygens (including phenoxy) is 2. The Balaban J connectivity index is 1.55. The van der Waals surface area contributed by atoms with E-state index >= 15 is 0 Å². The summed E-state index contributed by atoms with van der Waals surface area (Å²) in [6.07, 6.45) is 5.28. The number of halogens is 2. The maximum atomic E-state index is 14.5. The molecule has 0 radical (unpaired) electrons. The fourth-order valence-corrected chi connectivity index (χ4v) is 5.23. The van der Waals surface area contributed by atoms with Gasteiger partial charge in [-0.25, -0.2) is 14.4 Å². The molecule has 7 nitrogen and oxygen atoms in total. The number of hydrogen-bond acceptors (Lipinski definition) is 7. The van der Waals surface area contributed by atoms with Crippen LogP contribution in [0.1, 0.15) is 53.8 Å². The summed E-state index contributed by atoms with van der Waals surface area (Å²) in [4.78, 5) is 9.84. The molecule has 1 aliphatic rings. The second-order valence-corrected chi connectivity index (χ2v) is 11.1. The van der Waals surface area contributed by atoms with Crippen molar-refractivity contribution in [2.24, 2.45) is 0 Å². The molecule has 37 heavy (non-hydrogen) atoms. The van der Waals surface area contributed by atoms with Crippen LogP contribution in [0.25, 0.3) is 16.8 Å². The van der Waals surface area contributed by atoms with Gasteiger partial charge in [0.25, 0.3) is 0 Å². The molecule has 2 N–H and O–H groups in total. The number of aryl methyl sites for hydroxylation is 2. The molecule has 10 heteroatoms. The molecule has 3 heterocycles. The van der Waals surface area contributed by atoms with Crippen molar-refractivity contribution < 1.29 is 13.9 Å². The Labute approximate surface area is 227 Å². The fourth-order valence-electron chi connectivity index (χ4n) is 4.01. The van der Waals surface area contributed by atoms with Crippen LogP contribution in [-0.4, -0.2) is 25.9 Å². The number of pyridine rings is 1. The number of hydrogen-bond donors (Lipinski definition) is 1. The van der Waals surface area contributed by atoms with Gasteiger partial charge in [-0.2, -0.15) is 0 Å². The van der Waals surface area contributed by atoms with Gasteiger partial charge in [-0.15, -0.1) is 16.4 Å². The van der Waals surface area contributed by atoms with Crippen LogP contribution in [0.15, 0.2) is 47.7 Å². The Hall–Kier alpha value is -3.24. The van der Waals surface area contributed by atoms with Crippen molar-refractivity contribution in [3.63, 3.8) is 0 Å². The zero-order chi connectivity index (χ0) is 26.3. The number of benzene rings is 1. The topological polar surface area (TPSA) is 88.1 Å². The molecule has 1 saturated carbocycles. The van der Waals surface area contributed by atoms with E-state index in [0.717, 1.165) is 43.9 Å². The number of anilines is 1. The molecule has 0 amide bonds. The minimum Gasteiger partial charge on any atom is -0.482 e. The molecule has 1 fully saturated rings. The average molecular weight is 585 g/mol. The van der Waals surface area contributed by atoms with Crippen LogP contribution in [-0.2, 0) is 6.54 Å². The molecular formula is C27H27BrFN5O2S. The molecule has 0 bridgehead atoms. The van der Waals surface area contributed by atoms with Crippen LogP contribution in [0.3, 0.4) is 0 Å². The van der Waals surface area contributed by atoms with E-state index in [9.17, 15) is 4.39 Å². The van der Waals surface area contributed by atoms with Gasteiger partial charge in [0.1, 0.15) is 18.0 Å². The van der Waals surface area contributed by atoms with Gasteiger partial charge in [0, 0.05) is 40.1 Å². The number of nitrogens with two attached hydrogens (primary N) is 1. The third-order valence-electron chi connectivity index (χ3n) is 6.05. The Morgan fingerprint density at radius 2 is 2.14 bits per heavy atom. The van der Waals surface area contributed by atoms with Crippen molar-refractivity contribution in [3.8, 4) is 22.9 Å². The maximum Gasteiger partial charge on any atom is 0.241 e. The lowest BCUT2D eigenvalue weighted by atomic mass is 9.97. The molecule has 192 valence electrons. The Morgan fingerprint density at radius 1 is 1.35 bits per heavy atom. The van der Waals surface area contributed by atoms with E-state index in [-0.39, 0.29) is 17.7 Å². The van der Waals surface area contributed by atoms with Crippen molar-refractivity contribution in [3.05, 3.63) is 74.5 Å². The average Bonchev–Trinajstić information content (AvgIpc) is 3.46. The molecule has 4 aromatic rings. The molecular weight excluding hydrogens is 557 g/mol. The summed E-state index contributed by atoms with van der Waals surface area (Å²) < 4.78 is 29.3. The van der Waals surface area contributed by atoms with Crippen LogP contribution in [0.4, 0.5) is 10.2 Å². The van der Waals surface area contributed by atoms with Crippen molar-refractivity contribution in [2.45, 2.75) is 52.4 Å². The van der Waals surface area contributed by atoms with Gasteiger partial charge in [0.05, 0.1) is 21.1 Å². The van der Waals surface area contributed by atoms with Gasteiger partial charge in [0.15, 0.2) is 11.6 Å². The van der Waals surface area contributed by atoms with E-state index in [2.05, 4.69) is 32.6 Å². The van der Waals surface area contributed by atoms with E-state index in [1.165, 1.54) is 23.5 Å². The molecule has 1 atom stereocenters. The third kappa shape index (κ3) is 5.40. The summed E-state index contributed by atoms with van der Waals surface area (Å²) in [6.45, 7) is 10.9. The van der Waals surface area contributed by atoms with Crippen molar-refractivity contribution in [2.75, 3.05) is 5.73 Å². The summed E-state index contributed by atoms with van der Waals surface area (Å²) in [5.74, 6) is 0.874. The molecule has 0 saturated heterocycles. The van der Waals surface area contributed by atoms with Crippen molar-refractivity contribution in [1.29, 1.82) is 0 Å². The quantitative estimate of drug-likeness (QED) is 0.229. The highest BCUT2D eigenvalue weighted by Crippen LogP contribution is 2.42. The van der Waals surface area contributed by atoms with E-state index in [1.807, 2.05) is 31.6 Å². The van der Waals surface area contributed by atoms with Crippen LogP contribution in [0.2, 0.25) is 0 Å². The molecule has 0 unspecified atom stereocenters. The first-order valence-corrected chi connectivity index (χ1v) is 13.6. The fraction of sp³-hybridized carbons (Fsp3) is 0.296. The van der Waals surface area contributed by atoms with E-state index in [0.29, 0.717) is 29.4 Å². The second-order valence-electron chi connectivity index (χ2n) is 8.94. The van der Waals surface area contributed by atoms with Gasteiger partial charge >= 0.3 is 0 Å². The smallest absolute Gasteiger partial charge is 0.241 e. The summed E-state index contributed by atoms with van der Waals surface area (Å²) in [5, 5.41) is 5.47. The third-order valence-corrected chi connectivity index (χ3v) is 7.51. The van der Waals surface area contributed by atoms with Gasteiger partial charge in [-0.3, -0.25) is 4.68 Å². The first kappa shape index (κ1) is 25.4. The van der Waals surface area contributed by atoms with Gasteiger partial charge in [0.2, 0.25) is 5.88 Å². The Bertz CT molecular complexity index is 1480. The Kier molecular flexibility index (Phi) is 7.04. The Morgan fingerprint density at radius 3 is 2.86 bits per heavy atom. The number of aromatic nitrogens is 4. The summed E-state index contributed by atoms with van der Waals surface area (Å²) in [6, 6.07) is 6.37. The number of nitrogen functional groups attached to an aromatic ring is 1. The minimum atomic E-state index is -0.538. The molecule has 0 spiro atoms. The van der Waals surface area contributed by atoms with E-state index in [4.69, 9.17) is 20.2 Å². The zero-order valence-corrected chi connectivity index (χ0v) is 23.2. The highest BCUT2D eigenvalue weighted by molar-refractivity contribution is 9.10. The molecule has 1 aromatic carbocycles. The molecule has 1 aliphatic carbocycles. The summed E-state index contributed by atoms with van der Waals surface area (Å²) >= 11 is 4.92. The van der Waals surface area contributed by atoms with Crippen molar-refractivity contribution >= 4 is 38.7 Å². The lowest BCUT2D eigenvalue weighted by Gasteiger charge is -2.19. The number of nitrogens with zero attached hydrogens (tertiary/aromatic N) is 4. The SMILES string of the molecule is C=C(c1cn(CC)nc1OC1CC1)c1sc(C)nc1-c1ccc(F)cc1[C@@H](C)Oc1cc(Br)cnc1N. The molecule has 0 aliphatic heterocycles. The van der Waals surface area contributed by atoms with E-state index in [1.54, 1.807) is 18.3 Å². The second kappa shape index (κ2) is 10.3. The standard InChI is InChI=1S/C27H27BrFN5O2S/c1-5-34-13-22(27(33-34)36-19-7-8-19)14(2)25-24(32-16(4)37-25)20-9-6-18(29)11-21(20)15(3)35-23-10-17(28)12-31-26(23)30/h6,9-13,15,19H,2,5,7-8H2,1,3-4H3,(H2,30,31)/t15-/m1/s1. The predicted octanol–water partition coefficient (Wildman–Crippen LogP) is 6.96. The van der Waals surface area contributed by atoms with Crippen LogP contribution in [0, 0.1) is 12.7 Å². The molecule has 3 aromatic heterocycles. The maximum absolute atomic E-state index is 14.5. The van der Waals surface area contributed by atoms with Gasteiger partial charge < -0.3 is 15.2 Å². The normalized spacial score (nSPS) is 14.0. The van der Waals surface area contributed by atoms with Crippen molar-refractivity contribution in [1.82, 2.24) is 19.7 Å². The van der Waals surface area contributed by atoms with E-state index < -0.39 is 6.10 Å². The van der Waals surface area contributed by atoms with Crippen LogP contribution in [0.5, 0.6) is 11.6 Å². The number of thiazole rings is 1. The molecule has 5 rings (SSSR count). The minimum absolute atomic E-state index is 0.205. The van der Waals surface area contributed by atoms with Crippen LogP contribution >= 0.6 is 27.3 Å². The first-order valence-electron chi connectivity index (χ1n) is 12.0. The van der Waals surface area contributed by atoms with Crippen LogP contribution < -0.4 is 15.2 Å². The highest BCUT2D eigenvalue weighted by Gasteiger charge is 2.29. The zero-order valence-electron chi connectivity index (χ0n) is 20.8. The monoisotopic (exact) mass is 583 g/mol. The van der Waals surface area contributed by atoms with Gasteiger partial charge in [-0.05, 0) is 73.8 Å². The largest absolute Gasteiger partial charge is 0.482 e. The first-order chi connectivity index (χ1) is 17.7. The number of rotatable bonds is 9. The van der Waals surface area contributed by atoms with Gasteiger partial charge in [-0.1, -0.05) is 6.58 Å². The lowest BCUT2D eigenvalue weighted by Crippen LogP contribution is -2.08. The predicted molar refractivity (Wildman–Crippen MR) is 147 cm³/mol. The lowest BCUT2D eigenvalue weighted by molar-refractivity contribution is 0.227. The summed E-state index contributed by atoms with van der Waals surface area (Å²) in [7, 11) is 0. The highest BCUT2D eigenvalue weighted by atomic mass is 79.9. The summed E-state index contributed by atoms with van der Waals surface area (Å²) in [5.41, 5.74) is 9.71.